The van der Waals surface area contributed by atoms with E-state index in [4.69, 9.17) is 20.4 Å². The van der Waals surface area contributed by atoms with Gasteiger partial charge in [-0.1, -0.05) is 0 Å². The SMILES string of the molecule is COc1cc(C(=O)N2C[C@H](N)C[C@@H](F)C2)cc2nc(-c3cc4ccc(C5CCC6C(=O)NC(=O)NC6C5)nc4n3CC3CC3)n(C)c12. The lowest BCUT2D eigenvalue weighted by atomic mass is 9.75. The molecule has 0 radical (unpaired) electrons. The molecule has 13 heteroatoms. The number of nitrogens with two attached hydrogens (primary N) is 1. The lowest BCUT2D eigenvalue weighted by Gasteiger charge is -2.38. The third-order valence-corrected chi connectivity index (χ3v) is 10.4. The molecule has 4 aromatic rings. The van der Waals surface area contributed by atoms with E-state index in [1.54, 1.807) is 19.2 Å². The number of carbonyl (C=O) groups excluding carboxylic acids is 3. The van der Waals surface area contributed by atoms with Crippen LogP contribution in [0, 0.1) is 11.8 Å². The van der Waals surface area contributed by atoms with Gasteiger partial charge in [-0.2, -0.15) is 0 Å². The van der Waals surface area contributed by atoms with Gasteiger partial charge < -0.3 is 29.8 Å². The van der Waals surface area contributed by atoms with E-state index in [-0.39, 0.29) is 42.7 Å². The molecule has 1 aromatic carbocycles. The number of ether oxygens (including phenoxy) is 1. The lowest BCUT2D eigenvalue weighted by Crippen LogP contribution is -2.59. The Labute approximate surface area is 270 Å². The first-order valence-electron chi connectivity index (χ1n) is 16.5. The molecule has 2 saturated heterocycles. The molecule has 4 amide bonds. The Balaban J connectivity index is 1.17. The molecule has 5 heterocycles. The fourth-order valence-electron chi connectivity index (χ4n) is 7.86. The largest absolute Gasteiger partial charge is 0.494 e. The molecular formula is C34H39FN8O4. The van der Waals surface area contributed by atoms with Crippen LogP contribution in [0.15, 0.2) is 30.3 Å². The number of benzene rings is 1. The van der Waals surface area contributed by atoms with Gasteiger partial charge in [-0.25, -0.2) is 19.2 Å². The maximum absolute atomic E-state index is 14.3. The fourth-order valence-corrected chi connectivity index (χ4v) is 7.86. The second-order valence-electron chi connectivity index (χ2n) is 13.8. The summed E-state index contributed by atoms with van der Waals surface area (Å²) in [6.45, 7) is 1.13. The quantitative estimate of drug-likeness (QED) is 0.291. The number of hydrogen-bond acceptors (Lipinski definition) is 7. The number of nitrogens with one attached hydrogen (secondary N) is 2. The summed E-state index contributed by atoms with van der Waals surface area (Å²) in [4.78, 5) is 49.6. The number of fused-ring (bicyclic) bond motifs is 3. The van der Waals surface area contributed by atoms with E-state index < -0.39 is 18.2 Å². The van der Waals surface area contributed by atoms with Crippen molar-refractivity contribution in [2.24, 2.45) is 24.6 Å². The molecule has 0 bridgehead atoms. The van der Waals surface area contributed by atoms with Crippen molar-refractivity contribution in [3.05, 3.63) is 41.6 Å². The number of nitrogens with zero attached hydrogens (tertiary/aromatic N) is 5. The van der Waals surface area contributed by atoms with Crippen LogP contribution in [0.4, 0.5) is 9.18 Å². The molecule has 12 nitrogen and oxygen atoms in total. The van der Waals surface area contributed by atoms with E-state index in [1.807, 2.05) is 11.6 Å². The predicted octanol–water partition coefficient (Wildman–Crippen LogP) is 3.61. The monoisotopic (exact) mass is 642 g/mol. The van der Waals surface area contributed by atoms with Crippen molar-refractivity contribution in [2.45, 2.75) is 69.2 Å². The van der Waals surface area contributed by atoms with Gasteiger partial charge in [0.05, 0.1) is 30.8 Å². The van der Waals surface area contributed by atoms with Crippen molar-refractivity contribution < 1.29 is 23.5 Å². The molecule has 3 unspecified atom stereocenters. The minimum atomic E-state index is -1.15. The summed E-state index contributed by atoms with van der Waals surface area (Å²) < 4.78 is 24.3. The van der Waals surface area contributed by atoms with E-state index in [9.17, 15) is 18.8 Å². The number of rotatable bonds is 6. The number of imidazole rings is 1. The van der Waals surface area contributed by atoms with E-state index >= 15 is 0 Å². The Kier molecular flexibility index (Phi) is 7.19. The summed E-state index contributed by atoms with van der Waals surface area (Å²) in [6.07, 6.45) is 3.60. The van der Waals surface area contributed by atoms with Crippen molar-refractivity contribution in [1.29, 1.82) is 0 Å². The average molecular weight is 643 g/mol. The Morgan fingerprint density at radius 2 is 1.91 bits per heavy atom. The Bertz CT molecular complexity index is 1920. The van der Waals surface area contributed by atoms with Crippen LogP contribution in [0.5, 0.6) is 5.75 Å². The number of hydrogen-bond donors (Lipinski definition) is 3. The second-order valence-corrected chi connectivity index (χ2v) is 13.8. The van der Waals surface area contributed by atoms with Crippen LogP contribution in [0.3, 0.4) is 0 Å². The van der Waals surface area contributed by atoms with Crippen molar-refractivity contribution in [2.75, 3.05) is 20.2 Å². The third kappa shape index (κ3) is 5.30. The molecule has 47 heavy (non-hydrogen) atoms. The number of halogens is 1. The van der Waals surface area contributed by atoms with E-state index in [2.05, 4.69) is 33.4 Å². The number of urea groups is 1. The molecule has 3 aromatic heterocycles. The van der Waals surface area contributed by atoms with Crippen molar-refractivity contribution in [3.63, 3.8) is 0 Å². The van der Waals surface area contributed by atoms with Gasteiger partial charge in [-0.15, -0.1) is 0 Å². The molecule has 4 aliphatic rings. The predicted molar refractivity (Wildman–Crippen MR) is 173 cm³/mol. The minimum Gasteiger partial charge on any atom is -0.494 e. The van der Waals surface area contributed by atoms with Crippen molar-refractivity contribution in [1.82, 2.24) is 34.6 Å². The van der Waals surface area contributed by atoms with E-state index in [1.165, 1.54) is 4.90 Å². The van der Waals surface area contributed by atoms with Gasteiger partial charge in [-0.05, 0) is 74.8 Å². The molecule has 0 spiro atoms. The summed E-state index contributed by atoms with van der Waals surface area (Å²) in [6, 6.07) is 8.71. The van der Waals surface area contributed by atoms with Crippen LogP contribution >= 0.6 is 0 Å². The molecule has 4 fully saturated rings. The van der Waals surface area contributed by atoms with Crippen molar-refractivity contribution in [3.8, 4) is 17.3 Å². The van der Waals surface area contributed by atoms with Gasteiger partial charge in [0, 0.05) is 54.8 Å². The highest BCUT2D eigenvalue weighted by molar-refractivity contribution is 6.00. The van der Waals surface area contributed by atoms with Gasteiger partial charge >= 0.3 is 6.03 Å². The van der Waals surface area contributed by atoms with Crippen LogP contribution in [-0.4, -0.2) is 80.3 Å². The highest BCUT2D eigenvalue weighted by Crippen LogP contribution is 2.40. The smallest absolute Gasteiger partial charge is 0.321 e. The number of alkyl halides is 1. The Morgan fingerprint density at radius 3 is 2.68 bits per heavy atom. The normalized spacial score (nSPS) is 26.3. The standard InChI is InChI=1S/C34H39FN8O4/c1-41-29-26(10-20(12-28(29)47-2)33(45)42-15-21(35)13-22(36)16-42)38-31(41)27-11-19-6-8-24(37-30(19)43(27)14-17-3-4-17)18-5-7-23-25(9-18)39-34(46)40-32(23)44/h6,8,10-12,17-18,21-23,25H,3-5,7,9,13-16,36H2,1-2H3,(H2,39,40,44,46)/t18?,21-,22-,23?,25?/m1/s1. The maximum Gasteiger partial charge on any atom is 0.321 e. The van der Waals surface area contributed by atoms with Crippen LogP contribution in [-0.2, 0) is 18.4 Å². The molecule has 5 atom stereocenters. The number of aryl methyl sites for hydroxylation is 1. The first kappa shape index (κ1) is 29.9. The van der Waals surface area contributed by atoms with Gasteiger partial charge in [0.1, 0.15) is 23.1 Å². The van der Waals surface area contributed by atoms with Gasteiger partial charge in [0.15, 0.2) is 5.82 Å². The topological polar surface area (TPSA) is 149 Å². The zero-order valence-corrected chi connectivity index (χ0v) is 26.5. The highest BCUT2D eigenvalue weighted by atomic mass is 19.1. The molecule has 4 N–H and O–H groups in total. The maximum atomic E-state index is 14.3. The molecule has 8 rings (SSSR count). The first-order valence-corrected chi connectivity index (χ1v) is 16.5. The second kappa shape index (κ2) is 11.3. The van der Waals surface area contributed by atoms with Crippen LogP contribution in [0.25, 0.3) is 33.6 Å². The molecule has 246 valence electrons. The highest BCUT2D eigenvalue weighted by Gasteiger charge is 2.41. The van der Waals surface area contributed by atoms with Crippen LogP contribution in [0.2, 0.25) is 0 Å². The average Bonchev–Trinajstić information content (AvgIpc) is 3.72. The van der Waals surface area contributed by atoms with Gasteiger partial charge in [0.2, 0.25) is 5.91 Å². The van der Waals surface area contributed by atoms with Crippen LogP contribution < -0.4 is 21.1 Å². The van der Waals surface area contributed by atoms with Crippen molar-refractivity contribution >= 4 is 39.9 Å². The zero-order valence-electron chi connectivity index (χ0n) is 26.5. The summed E-state index contributed by atoms with van der Waals surface area (Å²) >= 11 is 0. The zero-order chi connectivity index (χ0) is 32.6. The number of piperidine rings is 1. The summed E-state index contributed by atoms with van der Waals surface area (Å²) in [5, 5.41) is 6.34. The molecule has 2 aliphatic carbocycles. The first-order chi connectivity index (χ1) is 22.7. The summed E-state index contributed by atoms with van der Waals surface area (Å²) in [5.41, 5.74) is 10.5. The van der Waals surface area contributed by atoms with E-state index in [0.29, 0.717) is 42.1 Å². The lowest BCUT2D eigenvalue weighted by molar-refractivity contribution is -0.126. The summed E-state index contributed by atoms with van der Waals surface area (Å²) in [5.74, 6) is 1.22. The Morgan fingerprint density at radius 1 is 1.09 bits per heavy atom. The number of pyridine rings is 1. The minimum absolute atomic E-state index is 0.0165. The number of imide groups is 1. The number of carbonyl (C=O) groups is 3. The van der Waals surface area contributed by atoms with Gasteiger partial charge in [-0.3, -0.25) is 14.9 Å². The third-order valence-electron chi connectivity index (χ3n) is 10.4. The van der Waals surface area contributed by atoms with E-state index in [0.717, 1.165) is 59.6 Å². The van der Waals surface area contributed by atoms with Gasteiger partial charge in [0.25, 0.3) is 5.91 Å². The number of aromatic nitrogens is 4. The molecular weight excluding hydrogens is 603 g/mol. The fraction of sp³-hybridized carbons (Fsp3) is 0.500. The number of amides is 4. The number of likely N-dealkylation sites (tertiary alicyclic amines) is 1. The molecule has 2 aliphatic heterocycles. The summed E-state index contributed by atoms with van der Waals surface area (Å²) in [7, 11) is 3.51. The molecule has 2 saturated carbocycles. The Hall–Kier alpha value is -4.52. The number of methoxy groups -OCH3 is 1. The van der Waals surface area contributed by atoms with Crippen LogP contribution in [0.1, 0.15) is 60.5 Å².